The first kappa shape index (κ1) is 14.8. The quantitative estimate of drug-likeness (QED) is 0.296. The number of amidine groups is 1. The number of ether oxygens (including phenoxy) is 1. The van der Waals surface area contributed by atoms with E-state index >= 15 is 0 Å². The van der Waals surface area contributed by atoms with E-state index in [0.717, 1.165) is 25.9 Å². The van der Waals surface area contributed by atoms with Gasteiger partial charge in [-0.25, -0.2) is 0 Å². The molecule has 1 rings (SSSR count). The highest BCUT2D eigenvalue weighted by Gasteiger charge is 2.30. The molecule has 1 amide bonds. The summed E-state index contributed by atoms with van der Waals surface area (Å²) in [5, 5.41) is 14.5. The van der Waals surface area contributed by atoms with Crippen LogP contribution < -0.4 is 11.1 Å². The average Bonchev–Trinajstić information content (AvgIpc) is 2.38. The van der Waals surface area contributed by atoms with Crippen molar-refractivity contribution in [2.24, 2.45) is 10.9 Å². The molecule has 0 bridgehead atoms. The van der Waals surface area contributed by atoms with E-state index in [0.29, 0.717) is 12.8 Å². The van der Waals surface area contributed by atoms with Crippen LogP contribution in [0.1, 0.15) is 46.0 Å². The lowest BCUT2D eigenvalue weighted by atomic mass is 9.96. The Labute approximate surface area is 108 Å². The van der Waals surface area contributed by atoms with Gasteiger partial charge in [-0.05, 0) is 32.6 Å². The van der Waals surface area contributed by atoms with Crippen molar-refractivity contribution in [3.63, 3.8) is 0 Å². The third kappa shape index (κ3) is 3.87. The van der Waals surface area contributed by atoms with Crippen LogP contribution in [0.4, 0.5) is 0 Å². The molecule has 4 N–H and O–H groups in total. The number of hydrogen-bond acceptors (Lipinski definition) is 4. The first-order chi connectivity index (χ1) is 8.51. The second-order valence-corrected chi connectivity index (χ2v) is 4.91. The van der Waals surface area contributed by atoms with Crippen LogP contribution in [-0.2, 0) is 9.53 Å². The normalized spacial score (nSPS) is 24.3. The summed E-state index contributed by atoms with van der Waals surface area (Å²) in [5.74, 6) is -0.110. The molecule has 18 heavy (non-hydrogen) atoms. The van der Waals surface area contributed by atoms with Gasteiger partial charge in [0.25, 0.3) is 0 Å². The van der Waals surface area contributed by atoms with Crippen LogP contribution in [0.2, 0.25) is 0 Å². The molecule has 1 aliphatic heterocycles. The fourth-order valence-corrected chi connectivity index (χ4v) is 1.98. The lowest BCUT2D eigenvalue weighted by molar-refractivity contribution is -0.126. The Morgan fingerprint density at radius 3 is 2.83 bits per heavy atom. The predicted octanol–water partition coefficient (Wildman–Crippen LogP) is 0.977. The van der Waals surface area contributed by atoms with E-state index in [4.69, 9.17) is 15.7 Å². The molecule has 0 aliphatic carbocycles. The smallest absolute Gasteiger partial charge is 0.223 e. The van der Waals surface area contributed by atoms with Crippen LogP contribution in [0.5, 0.6) is 0 Å². The van der Waals surface area contributed by atoms with Crippen molar-refractivity contribution in [3.05, 3.63) is 0 Å². The van der Waals surface area contributed by atoms with Gasteiger partial charge in [0.2, 0.25) is 5.91 Å². The molecule has 104 valence electrons. The molecule has 0 spiro atoms. The largest absolute Gasteiger partial charge is 0.409 e. The molecule has 0 saturated carbocycles. The second-order valence-electron chi connectivity index (χ2n) is 4.91. The molecular formula is C12H23N3O3. The number of nitrogens with zero attached hydrogens (tertiary/aromatic N) is 1. The molecule has 6 heteroatoms. The standard InChI is InChI=1S/C12H23N3O3/c1-3-12(2,11(13)15-17)14-10(16)8-9-6-4-5-7-18-9/h9,17H,3-8H2,1-2H3,(H2,13,15)(H,14,16). The summed E-state index contributed by atoms with van der Waals surface area (Å²) in [4.78, 5) is 11.9. The van der Waals surface area contributed by atoms with Gasteiger partial charge in [0.05, 0.1) is 18.1 Å². The summed E-state index contributed by atoms with van der Waals surface area (Å²) < 4.78 is 5.51. The maximum absolute atomic E-state index is 11.9. The highest BCUT2D eigenvalue weighted by Crippen LogP contribution is 2.16. The van der Waals surface area contributed by atoms with Crippen molar-refractivity contribution in [2.75, 3.05) is 6.61 Å². The minimum absolute atomic E-state index is 0.00727. The van der Waals surface area contributed by atoms with Crippen LogP contribution >= 0.6 is 0 Å². The van der Waals surface area contributed by atoms with Gasteiger partial charge >= 0.3 is 0 Å². The Morgan fingerprint density at radius 2 is 2.33 bits per heavy atom. The Kier molecular flexibility index (Phi) is 5.40. The number of nitrogens with one attached hydrogen (secondary N) is 1. The van der Waals surface area contributed by atoms with Crippen LogP contribution in [0.3, 0.4) is 0 Å². The maximum Gasteiger partial charge on any atom is 0.223 e. The van der Waals surface area contributed by atoms with Crippen molar-refractivity contribution in [2.45, 2.75) is 57.6 Å². The number of carbonyl (C=O) groups excluding carboxylic acids is 1. The molecule has 1 saturated heterocycles. The number of carbonyl (C=O) groups is 1. The fourth-order valence-electron chi connectivity index (χ4n) is 1.98. The van der Waals surface area contributed by atoms with Crippen molar-refractivity contribution in [1.82, 2.24) is 5.32 Å². The van der Waals surface area contributed by atoms with E-state index in [-0.39, 0.29) is 17.8 Å². The lowest BCUT2D eigenvalue weighted by Crippen LogP contribution is -2.55. The van der Waals surface area contributed by atoms with Gasteiger partial charge in [-0.3, -0.25) is 4.79 Å². The van der Waals surface area contributed by atoms with E-state index in [1.807, 2.05) is 6.92 Å². The molecule has 2 unspecified atom stereocenters. The topological polar surface area (TPSA) is 96.9 Å². The molecule has 1 heterocycles. The van der Waals surface area contributed by atoms with Crippen molar-refractivity contribution in [1.29, 1.82) is 0 Å². The summed E-state index contributed by atoms with van der Waals surface area (Å²) in [6, 6.07) is 0. The Morgan fingerprint density at radius 1 is 1.61 bits per heavy atom. The molecule has 0 aromatic heterocycles. The summed E-state index contributed by atoms with van der Waals surface area (Å²) in [6.45, 7) is 4.33. The average molecular weight is 257 g/mol. The monoisotopic (exact) mass is 257 g/mol. The van der Waals surface area contributed by atoms with Gasteiger partial charge < -0.3 is 21.0 Å². The van der Waals surface area contributed by atoms with E-state index < -0.39 is 5.54 Å². The molecule has 0 aromatic rings. The molecule has 1 aliphatic rings. The van der Waals surface area contributed by atoms with Gasteiger partial charge in [-0.1, -0.05) is 12.1 Å². The fraction of sp³-hybridized carbons (Fsp3) is 0.833. The van der Waals surface area contributed by atoms with Crippen LogP contribution in [0.25, 0.3) is 0 Å². The van der Waals surface area contributed by atoms with Crippen molar-refractivity contribution >= 4 is 11.7 Å². The lowest BCUT2D eigenvalue weighted by Gasteiger charge is -2.29. The molecule has 2 atom stereocenters. The number of nitrogens with two attached hydrogens (primary N) is 1. The SMILES string of the molecule is CCC(C)(NC(=O)CC1CCCCO1)C(N)=NO. The molecule has 6 nitrogen and oxygen atoms in total. The zero-order valence-electron chi connectivity index (χ0n) is 11.1. The zero-order chi connectivity index (χ0) is 13.6. The highest BCUT2D eigenvalue weighted by molar-refractivity contribution is 5.93. The predicted molar refractivity (Wildman–Crippen MR) is 68.5 cm³/mol. The minimum Gasteiger partial charge on any atom is -0.409 e. The number of amides is 1. The zero-order valence-corrected chi connectivity index (χ0v) is 11.1. The van der Waals surface area contributed by atoms with Crippen molar-refractivity contribution < 1.29 is 14.7 Å². The minimum atomic E-state index is -0.805. The second kappa shape index (κ2) is 6.58. The molecular weight excluding hydrogens is 234 g/mol. The maximum atomic E-state index is 11.9. The van der Waals surface area contributed by atoms with E-state index in [1.54, 1.807) is 6.92 Å². The van der Waals surface area contributed by atoms with Gasteiger partial charge in [-0.2, -0.15) is 0 Å². The van der Waals surface area contributed by atoms with E-state index in [2.05, 4.69) is 10.5 Å². The Hall–Kier alpha value is -1.30. The first-order valence-electron chi connectivity index (χ1n) is 6.42. The molecule has 0 radical (unpaired) electrons. The van der Waals surface area contributed by atoms with Gasteiger partial charge in [-0.15, -0.1) is 0 Å². The summed E-state index contributed by atoms with van der Waals surface area (Å²) in [6.07, 6.45) is 3.96. The highest BCUT2D eigenvalue weighted by atomic mass is 16.5. The molecule has 1 fully saturated rings. The molecule has 0 aromatic carbocycles. The Bertz CT molecular complexity index is 314. The van der Waals surface area contributed by atoms with Gasteiger partial charge in [0.1, 0.15) is 0 Å². The van der Waals surface area contributed by atoms with Crippen LogP contribution in [0, 0.1) is 0 Å². The number of rotatable bonds is 5. The van der Waals surface area contributed by atoms with Gasteiger partial charge in [0.15, 0.2) is 5.84 Å². The number of hydrogen-bond donors (Lipinski definition) is 3. The van der Waals surface area contributed by atoms with Crippen molar-refractivity contribution in [3.8, 4) is 0 Å². The van der Waals surface area contributed by atoms with Crippen LogP contribution in [0.15, 0.2) is 5.16 Å². The summed E-state index contributed by atoms with van der Waals surface area (Å²) >= 11 is 0. The third-order valence-electron chi connectivity index (χ3n) is 3.48. The summed E-state index contributed by atoms with van der Waals surface area (Å²) in [7, 11) is 0. The Balaban J connectivity index is 2.51. The van der Waals surface area contributed by atoms with E-state index in [1.165, 1.54) is 0 Å². The summed E-state index contributed by atoms with van der Waals surface area (Å²) in [5.41, 5.74) is 4.79. The van der Waals surface area contributed by atoms with E-state index in [9.17, 15) is 4.79 Å². The van der Waals surface area contributed by atoms with Gasteiger partial charge in [0, 0.05) is 6.61 Å². The number of oxime groups is 1. The third-order valence-corrected chi connectivity index (χ3v) is 3.48. The van der Waals surface area contributed by atoms with Crippen LogP contribution in [-0.4, -0.2) is 35.2 Å². The first-order valence-corrected chi connectivity index (χ1v) is 6.42.